The van der Waals surface area contributed by atoms with Crippen molar-refractivity contribution < 1.29 is 9.53 Å². The first-order valence-corrected chi connectivity index (χ1v) is 7.25. The highest BCUT2D eigenvalue weighted by molar-refractivity contribution is 7.18. The lowest BCUT2D eigenvalue weighted by atomic mass is 10.1. The van der Waals surface area contributed by atoms with E-state index in [2.05, 4.69) is 10.1 Å². The van der Waals surface area contributed by atoms with Gasteiger partial charge in [0.2, 0.25) is 0 Å². The molecule has 106 valence electrons. The Morgan fingerprint density at radius 3 is 2.75 bits per heavy atom. The standard InChI is InChI=1S/C14H15ClN2O2S/c1-19-14(18)13-11(16)8-12(20-13)17-7-6-9-2-4-10(15)5-3-9/h2-5,8,17H,6-7,16H2,1H3. The van der Waals surface area contributed by atoms with E-state index in [9.17, 15) is 4.79 Å². The molecular formula is C14H15ClN2O2S. The van der Waals surface area contributed by atoms with Crippen LogP contribution >= 0.6 is 22.9 Å². The molecule has 0 saturated heterocycles. The van der Waals surface area contributed by atoms with Crippen LogP contribution in [0.5, 0.6) is 0 Å². The Balaban J connectivity index is 1.91. The van der Waals surface area contributed by atoms with Gasteiger partial charge in [-0.1, -0.05) is 23.7 Å². The van der Waals surface area contributed by atoms with E-state index in [1.807, 2.05) is 24.3 Å². The lowest BCUT2D eigenvalue weighted by Crippen LogP contribution is -2.03. The second-order valence-electron chi connectivity index (χ2n) is 4.19. The van der Waals surface area contributed by atoms with Crippen LogP contribution in [0.25, 0.3) is 0 Å². The maximum absolute atomic E-state index is 11.4. The molecule has 4 nitrogen and oxygen atoms in total. The summed E-state index contributed by atoms with van der Waals surface area (Å²) >= 11 is 7.13. The first kappa shape index (κ1) is 14.7. The number of nitrogens with two attached hydrogens (primary N) is 1. The van der Waals surface area contributed by atoms with Gasteiger partial charge in [0.05, 0.1) is 17.8 Å². The van der Waals surface area contributed by atoms with Gasteiger partial charge in [-0.2, -0.15) is 0 Å². The molecule has 0 aliphatic rings. The predicted molar refractivity (Wildman–Crippen MR) is 83.7 cm³/mol. The maximum Gasteiger partial charge on any atom is 0.350 e. The summed E-state index contributed by atoms with van der Waals surface area (Å²) in [7, 11) is 1.34. The van der Waals surface area contributed by atoms with Crippen molar-refractivity contribution >= 4 is 39.6 Å². The summed E-state index contributed by atoms with van der Waals surface area (Å²) in [5.74, 6) is -0.404. The van der Waals surface area contributed by atoms with Gasteiger partial charge < -0.3 is 15.8 Å². The number of thiophene rings is 1. The van der Waals surface area contributed by atoms with E-state index in [0.29, 0.717) is 10.6 Å². The lowest BCUT2D eigenvalue weighted by molar-refractivity contribution is 0.0607. The van der Waals surface area contributed by atoms with Crippen LogP contribution in [0.4, 0.5) is 10.7 Å². The zero-order valence-electron chi connectivity index (χ0n) is 11.0. The van der Waals surface area contributed by atoms with E-state index in [-0.39, 0.29) is 0 Å². The van der Waals surface area contributed by atoms with Gasteiger partial charge in [0.1, 0.15) is 4.88 Å². The average molecular weight is 311 g/mol. The number of esters is 1. The summed E-state index contributed by atoms with van der Waals surface area (Å²) in [4.78, 5) is 11.9. The number of carbonyl (C=O) groups is 1. The third-order valence-electron chi connectivity index (χ3n) is 2.76. The van der Waals surface area contributed by atoms with Crippen LogP contribution in [0.3, 0.4) is 0 Å². The number of anilines is 2. The second-order valence-corrected chi connectivity index (χ2v) is 5.68. The number of nitrogen functional groups attached to an aromatic ring is 1. The Hall–Kier alpha value is -1.72. The Morgan fingerprint density at radius 2 is 2.10 bits per heavy atom. The Kier molecular flexibility index (Phi) is 4.87. The quantitative estimate of drug-likeness (QED) is 0.831. The van der Waals surface area contributed by atoms with Crippen LogP contribution in [0.2, 0.25) is 5.02 Å². The first-order valence-electron chi connectivity index (χ1n) is 6.06. The predicted octanol–water partition coefficient (Wildman–Crippen LogP) is 3.42. The summed E-state index contributed by atoms with van der Waals surface area (Å²) < 4.78 is 4.67. The molecule has 2 rings (SSSR count). The molecule has 1 aromatic carbocycles. The molecule has 0 aliphatic carbocycles. The average Bonchev–Trinajstić information content (AvgIpc) is 2.81. The minimum Gasteiger partial charge on any atom is -0.465 e. The van der Waals surface area contributed by atoms with E-state index in [4.69, 9.17) is 17.3 Å². The molecule has 3 N–H and O–H groups in total. The first-order chi connectivity index (χ1) is 9.60. The number of carbonyl (C=O) groups excluding carboxylic acids is 1. The highest BCUT2D eigenvalue weighted by atomic mass is 35.5. The van der Waals surface area contributed by atoms with Gasteiger partial charge in [-0.05, 0) is 30.2 Å². The Labute approximate surface area is 126 Å². The van der Waals surface area contributed by atoms with Crippen LogP contribution in [-0.2, 0) is 11.2 Å². The van der Waals surface area contributed by atoms with Crippen molar-refractivity contribution in [2.45, 2.75) is 6.42 Å². The summed E-state index contributed by atoms with van der Waals surface area (Å²) in [6, 6.07) is 9.48. The summed E-state index contributed by atoms with van der Waals surface area (Å²) in [5, 5.41) is 4.84. The third kappa shape index (κ3) is 3.65. The van der Waals surface area contributed by atoms with Gasteiger partial charge in [0.25, 0.3) is 0 Å². The van der Waals surface area contributed by atoms with Crippen molar-refractivity contribution in [1.82, 2.24) is 0 Å². The fraction of sp³-hybridized carbons (Fsp3) is 0.214. The molecule has 0 radical (unpaired) electrons. The molecular weight excluding hydrogens is 296 g/mol. The number of benzene rings is 1. The number of hydrogen-bond donors (Lipinski definition) is 2. The van der Waals surface area contributed by atoms with Crippen molar-refractivity contribution in [2.75, 3.05) is 24.7 Å². The van der Waals surface area contributed by atoms with Gasteiger partial charge in [0.15, 0.2) is 0 Å². The number of ether oxygens (including phenoxy) is 1. The molecule has 1 heterocycles. The van der Waals surface area contributed by atoms with Crippen molar-refractivity contribution in [3.05, 3.63) is 45.8 Å². The molecule has 20 heavy (non-hydrogen) atoms. The van der Waals surface area contributed by atoms with Gasteiger partial charge >= 0.3 is 5.97 Å². The van der Waals surface area contributed by atoms with Gasteiger partial charge in [-0.3, -0.25) is 0 Å². The van der Waals surface area contributed by atoms with Crippen LogP contribution in [0, 0.1) is 0 Å². The van der Waals surface area contributed by atoms with E-state index in [0.717, 1.165) is 23.0 Å². The van der Waals surface area contributed by atoms with Crippen LogP contribution < -0.4 is 11.1 Å². The highest BCUT2D eigenvalue weighted by Gasteiger charge is 2.14. The fourth-order valence-electron chi connectivity index (χ4n) is 1.73. The van der Waals surface area contributed by atoms with Gasteiger partial charge in [0, 0.05) is 11.6 Å². The Bertz CT molecular complexity index is 596. The SMILES string of the molecule is COC(=O)c1sc(NCCc2ccc(Cl)cc2)cc1N. The number of nitrogens with one attached hydrogen (secondary N) is 1. The topological polar surface area (TPSA) is 64.3 Å². The van der Waals surface area contributed by atoms with Gasteiger partial charge in [-0.15, -0.1) is 11.3 Å². The third-order valence-corrected chi connectivity index (χ3v) is 4.10. The monoisotopic (exact) mass is 310 g/mol. The zero-order chi connectivity index (χ0) is 14.5. The number of hydrogen-bond acceptors (Lipinski definition) is 5. The van der Waals surface area contributed by atoms with Crippen molar-refractivity contribution in [2.24, 2.45) is 0 Å². The molecule has 0 aliphatic heterocycles. The van der Waals surface area contributed by atoms with Gasteiger partial charge in [-0.25, -0.2) is 4.79 Å². The van der Waals surface area contributed by atoms with E-state index >= 15 is 0 Å². The molecule has 0 saturated carbocycles. The maximum atomic E-state index is 11.4. The highest BCUT2D eigenvalue weighted by Crippen LogP contribution is 2.29. The molecule has 0 unspecified atom stereocenters. The lowest BCUT2D eigenvalue weighted by Gasteiger charge is -2.03. The van der Waals surface area contributed by atoms with Crippen LogP contribution in [-0.4, -0.2) is 19.6 Å². The molecule has 0 atom stereocenters. The number of rotatable bonds is 5. The minimum atomic E-state index is -0.404. The number of methoxy groups -OCH3 is 1. The molecule has 0 bridgehead atoms. The summed E-state index contributed by atoms with van der Waals surface area (Å²) in [5.41, 5.74) is 7.41. The number of halogens is 1. The summed E-state index contributed by atoms with van der Waals surface area (Å²) in [6.07, 6.45) is 0.864. The molecule has 0 fully saturated rings. The molecule has 0 amide bonds. The molecule has 1 aromatic heterocycles. The van der Waals surface area contributed by atoms with Crippen molar-refractivity contribution in [3.63, 3.8) is 0 Å². The zero-order valence-corrected chi connectivity index (χ0v) is 12.6. The fourth-order valence-corrected chi connectivity index (χ4v) is 2.78. The minimum absolute atomic E-state index is 0.404. The van der Waals surface area contributed by atoms with E-state index in [1.54, 1.807) is 6.07 Å². The molecule has 2 aromatic rings. The second kappa shape index (κ2) is 6.63. The van der Waals surface area contributed by atoms with Crippen LogP contribution in [0.1, 0.15) is 15.2 Å². The summed E-state index contributed by atoms with van der Waals surface area (Å²) in [6.45, 7) is 0.752. The van der Waals surface area contributed by atoms with Crippen molar-refractivity contribution in [3.8, 4) is 0 Å². The van der Waals surface area contributed by atoms with E-state index in [1.165, 1.54) is 24.0 Å². The normalized spacial score (nSPS) is 10.3. The van der Waals surface area contributed by atoms with Crippen molar-refractivity contribution in [1.29, 1.82) is 0 Å². The smallest absolute Gasteiger partial charge is 0.350 e. The van der Waals surface area contributed by atoms with Crippen LogP contribution in [0.15, 0.2) is 30.3 Å². The molecule has 0 spiro atoms. The molecule has 6 heteroatoms. The van der Waals surface area contributed by atoms with E-state index < -0.39 is 5.97 Å². The Morgan fingerprint density at radius 1 is 1.40 bits per heavy atom. The largest absolute Gasteiger partial charge is 0.465 e.